The molecule has 0 radical (unpaired) electrons. The minimum Gasteiger partial charge on any atom is -0.402 e. The smallest absolute Gasteiger partial charge is 0.402 e. The highest BCUT2D eigenvalue weighted by Gasteiger charge is 2.52. The van der Waals surface area contributed by atoms with Crippen molar-refractivity contribution in [1.29, 1.82) is 0 Å². The SMILES string of the molecule is CCC(CC)/C(N)=C/C(=N/PI)B1OC(C)(C)C(C)(C)O1. The van der Waals surface area contributed by atoms with Gasteiger partial charge in [0, 0.05) is 5.70 Å². The maximum absolute atomic E-state index is 6.24. The Hall–Kier alpha value is 0.355. The second-order valence-corrected chi connectivity index (χ2v) is 8.21. The van der Waals surface area contributed by atoms with E-state index >= 15 is 0 Å². The summed E-state index contributed by atoms with van der Waals surface area (Å²) in [5, 5.41) is 0. The van der Waals surface area contributed by atoms with E-state index in [-0.39, 0.29) is 11.2 Å². The molecular weight excluding hydrogens is 397 g/mol. The van der Waals surface area contributed by atoms with Crippen LogP contribution < -0.4 is 5.73 Å². The number of halogens is 1. The van der Waals surface area contributed by atoms with Crippen molar-refractivity contribution in [2.75, 3.05) is 0 Å². The molecule has 1 aliphatic heterocycles. The summed E-state index contributed by atoms with van der Waals surface area (Å²) < 4.78 is 16.7. The second-order valence-electron chi connectivity index (χ2n) is 6.37. The van der Waals surface area contributed by atoms with E-state index in [1.165, 1.54) is 0 Å². The maximum Gasteiger partial charge on any atom is 0.514 e. The third kappa shape index (κ3) is 4.66. The first-order valence-electron chi connectivity index (χ1n) is 7.44. The Morgan fingerprint density at radius 1 is 1.24 bits per heavy atom. The topological polar surface area (TPSA) is 56.8 Å². The molecule has 0 aromatic rings. The van der Waals surface area contributed by atoms with Crippen LogP contribution in [0.3, 0.4) is 0 Å². The summed E-state index contributed by atoms with van der Waals surface area (Å²) in [4.78, 5) is 0. The molecule has 120 valence electrons. The molecule has 7 heteroatoms. The Morgan fingerprint density at radius 3 is 2.10 bits per heavy atom. The minimum absolute atomic E-state index is 0.357. The van der Waals surface area contributed by atoms with Gasteiger partial charge in [-0.3, -0.25) is 4.76 Å². The van der Waals surface area contributed by atoms with Crippen LogP contribution in [0.1, 0.15) is 54.4 Å². The van der Waals surface area contributed by atoms with E-state index in [1.54, 1.807) is 0 Å². The zero-order chi connectivity index (χ0) is 16.3. The van der Waals surface area contributed by atoms with Gasteiger partial charge in [-0.05, 0) is 74.6 Å². The van der Waals surface area contributed by atoms with Gasteiger partial charge in [-0.15, -0.1) is 0 Å². The highest BCUT2D eigenvalue weighted by Crippen LogP contribution is 2.38. The van der Waals surface area contributed by atoms with Gasteiger partial charge >= 0.3 is 7.12 Å². The Balaban J connectivity index is 3.01. The quantitative estimate of drug-likeness (QED) is 0.300. The lowest BCUT2D eigenvalue weighted by molar-refractivity contribution is 0.00578. The van der Waals surface area contributed by atoms with Gasteiger partial charge in [0.25, 0.3) is 0 Å². The minimum atomic E-state index is -0.440. The van der Waals surface area contributed by atoms with Crippen molar-refractivity contribution in [3.8, 4) is 0 Å². The highest BCUT2D eigenvalue weighted by atomic mass is 127. The molecule has 2 N–H and O–H groups in total. The van der Waals surface area contributed by atoms with Crippen molar-refractivity contribution in [2.24, 2.45) is 16.4 Å². The predicted octanol–water partition coefficient (Wildman–Crippen LogP) is 4.28. The van der Waals surface area contributed by atoms with Gasteiger partial charge in [-0.1, -0.05) is 13.8 Å². The molecule has 1 rings (SSSR count). The molecule has 21 heavy (non-hydrogen) atoms. The number of allylic oxidation sites excluding steroid dienone is 2. The summed E-state index contributed by atoms with van der Waals surface area (Å²) in [5.74, 6) is 0.384. The van der Waals surface area contributed by atoms with Crippen LogP contribution in [0.5, 0.6) is 0 Å². The Morgan fingerprint density at radius 2 is 1.71 bits per heavy atom. The average Bonchev–Trinajstić information content (AvgIpc) is 2.59. The molecule has 0 saturated carbocycles. The van der Waals surface area contributed by atoms with E-state index in [0.717, 1.165) is 24.1 Å². The van der Waals surface area contributed by atoms with E-state index in [2.05, 4.69) is 40.7 Å². The number of nitrogens with zero attached hydrogens (tertiary/aromatic N) is 1. The number of hydrogen-bond acceptors (Lipinski definition) is 4. The summed E-state index contributed by atoms with van der Waals surface area (Å²) in [6.07, 6.45) is 4.43. The molecule has 1 saturated heterocycles. The van der Waals surface area contributed by atoms with Gasteiger partial charge in [0.2, 0.25) is 0 Å². The summed E-state index contributed by atoms with van der Waals surface area (Å²) in [6, 6.07) is 0. The monoisotopic (exact) mass is 424 g/mol. The fraction of sp³-hybridized carbons (Fsp3) is 0.786. The maximum atomic E-state index is 6.24. The van der Waals surface area contributed by atoms with Gasteiger partial charge in [0.1, 0.15) is 0 Å². The lowest BCUT2D eigenvalue weighted by atomic mass is 9.80. The van der Waals surface area contributed by atoms with Crippen molar-refractivity contribution in [3.63, 3.8) is 0 Å². The van der Waals surface area contributed by atoms with E-state index in [9.17, 15) is 0 Å². The van der Waals surface area contributed by atoms with E-state index in [4.69, 9.17) is 15.0 Å². The van der Waals surface area contributed by atoms with Crippen LogP contribution in [0.25, 0.3) is 0 Å². The van der Waals surface area contributed by atoms with E-state index in [0.29, 0.717) is 12.3 Å². The number of rotatable bonds is 6. The summed E-state index contributed by atoms with van der Waals surface area (Å²) >= 11 is 2.25. The first-order valence-corrected chi connectivity index (χ1v) is 11.5. The lowest BCUT2D eigenvalue weighted by Crippen LogP contribution is -2.41. The van der Waals surface area contributed by atoms with Gasteiger partial charge in [-0.2, -0.15) is 0 Å². The van der Waals surface area contributed by atoms with Crippen LogP contribution in [-0.4, -0.2) is 23.9 Å². The first kappa shape index (κ1) is 19.4. The van der Waals surface area contributed by atoms with E-state index in [1.807, 2.05) is 33.8 Å². The van der Waals surface area contributed by atoms with Crippen molar-refractivity contribution in [3.05, 3.63) is 11.8 Å². The zero-order valence-electron chi connectivity index (χ0n) is 13.9. The molecule has 0 aromatic carbocycles. The molecule has 0 spiro atoms. The van der Waals surface area contributed by atoms with Crippen LogP contribution in [0.2, 0.25) is 0 Å². The molecule has 1 unspecified atom stereocenters. The summed E-state index contributed by atoms with van der Waals surface area (Å²) in [7, 11) is -0.440. The Kier molecular flexibility index (Phi) is 7.17. The Labute approximate surface area is 144 Å². The molecule has 4 nitrogen and oxygen atoms in total. The van der Waals surface area contributed by atoms with Crippen LogP contribution in [0, 0.1) is 5.92 Å². The molecule has 0 bridgehead atoms. The lowest BCUT2D eigenvalue weighted by Gasteiger charge is -2.32. The predicted molar refractivity (Wildman–Crippen MR) is 102 cm³/mol. The summed E-state index contributed by atoms with van der Waals surface area (Å²) in [5.41, 5.74) is 7.19. The molecule has 1 fully saturated rings. The van der Waals surface area contributed by atoms with Gasteiger partial charge in [0.15, 0.2) is 0 Å². The van der Waals surface area contributed by atoms with Crippen molar-refractivity contribution >= 4 is 41.1 Å². The molecule has 0 aliphatic carbocycles. The number of hydrogen-bond donors (Lipinski definition) is 1. The highest BCUT2D eigenvalue weighted by molar-refractivity contribution is 14.2. The van der Waals surface area contributed by atoms with E-state index < -0.39 is 7.12 Å². The average molecular weight is 424 g/mol. The first-order chi connectivity index (χ1) is 9.68. The largest absolute Gasteiger partial charge is 0.514 e. The fourth-order valence-electron chi connectivity index (χ4n) is 2.21. The molecule has 1 heterocycles. The molecule has 0 aromatic heterocycles. The van der Waals surface area contributed by atoms with Crippen LogP contribution in [0.15, 0.2) is 16.5 Å². The molecule has 1 atom stereocenters. The summed E-state index contributed by atoms with van der Waals surface area (Å²) in [6.45, 7) is 12.5. The Bertz CT molecular complexity index is 407. The fourth-order valence-corrected chi connectivity index (χ4v) is 3.32. The molecular formula is C14H27BIN2O2P. The third-order valence-electron chi connectivity index (χ3n) is 4.44. The number of nitrogens with two attached hydrogens (primary N) is 1. The zero-order valence-corrected chi connectivity index (χ0v) is 17.0. The van der Waals surface area contributed by atoms with Gasteiger partial charge < -0.3 is 15.0 Å². The van der Waals surface area contributed by atoms with Crippen molar-refractivity contribution in [1.82, 2.24) is 0 Å². The standard InChI is InChI=1S/C14H27BIN2O2P/c1-7-10(8-2)11(17)9-12(18-21-16)15-19-13(3,4)14(5,6)20-15/h9-10,21H,7-8,17H2,1-6H3/b11-9-,18-12-. The molecule has 1 aliphatic rings. The second kappa shape index (κ2) is 7.76. The van der Waals surface area contributed by atoms with Crippen LogP contribution >= 0.6 is 28.4 Å². The van der Waals surface area contributed by atoms with Crippen LogP contribution in [0.4, 0.5) is 0 Å². The van der Waals surface area contributed by atoms with Crippen molar-refractivity contribution < 1.29 is 9.31 Å². The third-order valence-corrected chi connectivity index (χ3v) is 5.50. The van der Waals surface area contributed by atoms with Crippen LogP contribution in [-0.2, 0) is 9.31 Å². The van der Waals surface area contributed by atoms with Crippen molar-refractivity contribution in [2.45, 2.75) is 65.6 Å². The van der Waals surface area contributed by atoms with Gasteiger partial charge in [0.05, 0.1) is 23.2 Å². The normalized spacial score (nSPS) is 22.8. The molecule has 0 amide bonds. The van der Waals surface area contributed by atoms with Gasteiger partial charge in [-0.25, -0.2) is 0 Å².